The second-order valence-electron chi connectivity index (χ2n) is 3.90. The second-order valence-corrected chi connectivity index (χ2v) is 3.90. The van der Waals surface area contributed by atoms with Crippen molar-refractivity contribution < 1.29 is 4.74 Å². The number of anilines is 1. The average Bonchev–Trinajstić information content (AvgIpc) is 2.29. The Morgan fingerprint density at radius 2 is 2.44 bits per heavy atom. The van der Waals surface area contributed by atoms with Crippen LogP contribution in [-0.2, 0) is 4.74 Å². The summed E-state index contributed by atoms with van der Waals surface area (Å²) in [5.74, 6) is 1.01. The van der Waals surface area contributed by atoms with Crippen molar-refractivity contribution in [3.8, 4) is 0 Å². The third-order valence-corrected chi connectivity index (χ3v) is 2.61. The lowest BCUT2D eigenvalue weighted by atomic mass is 10.2. The van der Waals surface area contributed by atoms with Gasteiger partial charge in [0.2, 0.25) is 0 Å². The van der Waals surface area contributed by atoms with Crippen molar-refractivity contribution >= 4 is 11.7 Å². The quantitative estimate of drug-likeness (QED) is 0.563. The molecule has 1 saturated heterocycles. The Morgan fingerprint density at radius 3 is 3.12 bits per heavy atom. The van der Waals surface area contributed by atoms with Crippen LogP contribution in [0.3, 0.4) is 0 Å². The molecule has 1 aliphatic rings. The highest BCUT2D eigenvalue weighted by Crippen LogP contribution is 2.15. The Balaban J connectivity index is 2.12. The highest BCUT2D eigenvalue weighted by molar-refractivity contribution is 5.82. The summed E-state index contributed by atoms with van der Waals surface area (Å²) in [5, 5.41) is 7.39. The molecule has 0 bridgehead atoms. The Labute approximate surface area is 94.7 Å². The molecular formula is C11H16N4O. The van der Waals surface area contributed by atoms with Crippen LogP contribution in [0.25, 0.3) is 0 Å². The number of ether oxygens (including phenoxy) is 1. The maximum absolute atomic E-state index is 7.39. The lowest BCUT2D eigenvalue weighted by Crippen LogP contribution is -2.48. The molecule has 1 aromatic rings. The first-order valence-electron chi connectivity index (χ1n) is 5.31. The fourth-order valence-electron chi connectivity index (χ4n) is 1.75. The van der Waals surface area contributed by atoms with Crippen molar-refractivity contribution in [3.05, 3.63) is 23.9 Å². The second kappa shape index (κ2) is 4.49. The summed E-state index contributed by atoms with van der Waals surface area (Å²) in [5.41, 5.74) is 6.44. The Bertz CT molecular complexity index is 393. The largest absolute Gasteiger partial charge is 0.385 e. The van der Waals surface area contributed by atoms with Crippen molar-refractivity contribution in [2.24, 2.45) is 5.73 Å². The Kier molecular flexibility index (Phi) is 3.05. The van der Waals surface area contributed by atoms with E-state index in [1.165, 1.54) is 0 Å². The van der Waals surface area contributed by atoms with Gasteiger partial charge in [-0.3, -0.25) is 5.41 Å². The predicted octanol–water partition coefficient (Wildman–Crippen LogP) is 0.531. The van der Waals surface area contributed by atoms with E-state index in [4.69, 9.17) is 15.9 Å². The minimum absolute atomic E-state index is 0.0809. The Morgan fingerprint density at radius 1 is 1.62 bits per heavy atom. The van der Waals surface area contributed by atoms with Crippen molar-refractivity contribution in [3.63, 3.8) is 0 Å². The molecule has 0 spiro atoms. The summed E-state index contributed by atoms with van der Waals surface area (Å²) < 4.78 is 5.40. The third kappa shape index (κ3) is 2.30. The number of nitrogens with two attached hydrogens (primary N) is 1. The zero-order valence-corrected chi connectivity index (χ0v) is 9.31. The minimum atomic E-state index is -0.309. The van der Waals surface area contributed by atoms with Gasteiger partial charge in [0.25, 0.3) is 0 Å². The van der Waals surface area contributed by atoms with Crippen LogP contribution in [-0.4, -0.2) is 36.6 Å². The van der Waals surface area contributed by atoms with Gasteiger partial charge in [0, 0.05) is 12.2 Å². The number of hydrogen-bond acceptors (Lipinski definition) is 4. The zero-order chi connectivity index (χ0) is 11.5. The van der Waals surface area contributed by atoms with Gasteiger partial charge >= 0.3 is 0 Å². The van der Waals surface area contributed by atoms with E-state index in [2.05, 4.69) is 9.88 Å². The van der Waals surface area contributed by atoms with E-state index in [0.717, 1.165) is 18.1 Å². The van der Waals surface area contributed by atoms with E-state index >= 15 is 0 Å². The van der Waals surface area contributed by atoms with Gasteiger partial charge in [0.05, 0.1) is 13.2 Å². The molecular weight excluding hydrogens is 204 g/mol. The highest BCUT2D eigenvalue weighted by atomic mass is 16.5. The third-order valence-electron chi connectivity index (χ3n) is 2.61. The number of nitrogens with zero attached hydrogens (tertiary/aromatic N) is 2. The first-order valence-corrected chi connectivity index (χ1v) is 5.31. The maximum Gasteiger partial charge on any atom is 0.131 e. The number of amidine groups is 1. The van der Waals surface area contributed by atoms with Crippen LogP contribution in [0.2, 0.25) is 0 Å². The fraction of sp³-hybridized carbons (Fsp3) is 0.455. The van der Waals surface area contributed by atoms with E-state index in [-0.39, 0.29) is 11.9 Å². The fourth-order valence-corrected chi connectivity index (χ4v) is 1.75. The van der Waals surface area contributed by atoms with Gasteiger partial charge in [-0.05, 0) is 19.1 Å². The van der Waals surface area contributed by atoms with Crippen molar-refractivity contribution in [2.75, 3.05) is 24.6 Å². The Hall–Kier alpha value is -1.62. The van der Waals surface area contributed by atoms with Gasteiger partial charge in [-0.25, -0.2) is 4.98 Å². The summed E-state index contributed by atoms with van der Waals surface area (Å²) in [6, 6.07) is 5.91. The average molecular weight is 220 g/mol. The van der Waals surface area contributed by atoms with E-state index in [9.17, 15) is 0 Å². The number of rotatable bonds is 2. The summed E-state index contributed by atoms with van der Waals surface area (Å²) in [4.78, 5) is 6.55. The van der Waals surface area contributed by atoms with Crippen molar-refractivity contribution in [1.82, 2.24) is 4.98 Å². The standard InChI is InChI=1S/C11H16N4O/c1-8-3-2-4-10(14-8)15-5-6-16-9(7-15)11(12)13/h2-4,9H,5-7H2,1H3,(H3,12,13). The lowest BCUT2D eigenvalue weighted by Gasteiger charge is -2.33. The van der Waals surface area contributed by atoms with E-state index in [1.807, 2.05) is 25.1 Å². The number of morpholine rings is 1. The minimum Gasteiger partial charge on any atom is -0.385 e. The van der Waals surface area contributed by atoms with Crippen LogP contribution in [0.1, 0.15) is 5.69 Å². The van der Waals surface area contributed by atoms with Crippen molar-refractivity contribution in [1.29, 1.82) is 5.41 Å². The molecule has 0 aliphatic carbocycles. The lowest BCUT2D eigenvalue weighted by molar-refractivity contribution is 0.0823. The van der Waals surface area contributed by atoms with Crippen LogP contribution in [0.4, 0.5) is 5.82 Å². The van der Waals surface area contributed by atoms with Crippen LogP contribution < -0.4 is 10.6 Å². The van der Waals surface area contributed by atoms with Gasteiger partial charge in [0.1, 0.15) is 17.8 Å². The highest BCUT2D eigenvalue weighted by Gasteiger charge is 2.23. The summed E-state index contributed by atoms with van der Waals surface area (Å²) in [6.07, 6.45) is -0.309. The molecule has 0 aromatic carbocycles. The number of aryl methyl sites for hydroxylation is 1. The van der Waals surface area contributed by atoms with Gasteiger partial charge in [-0.15, -0.1) is 0 Å². The molecule has 2 heterocycles. The monoisotopic (exact) mass is 220 g/mol. The first kappa shape index (κ1) is 10.9. The number of pyridine rings is 1. The molecule has 0 radical (unpaired) electrons. The molecule has 1 atom stereocenters. The molecule has 2 rings (SSSR count). The molecule has 0 saturated carbocycles. The van der Waals surface area contributed by atoms with E-state index < -0.39 is 0 Å². The molecule has 1 unspecified atom stereocenters. The number of aromatic nitrogens is 1. The molecule has 1 fully saturated rings. The molecule has 0 amide bonds. The van der Waals surface area contributed by atoms with Crippen LogP contribution in [0.15, 0.2) is 18.2 Å². The zero-order valence-electron chi connectivity index (χ0n) is 9.31. The molecule has 1 aromatic heterocycles. The summed E-state index contributed by atoms with van der Waals surface area (Å²) >= 11 is 0. The van der Waals surface area contributed by atoms with Crippen LogP contribution in [0.5, 0.6) is 0 Å². The molecule has 5 heteroatoms. The molecule has 3 N–H and O–H groups in total. The first-order chi connectivity index (χ1) is 7.66. The van der Waals surface area contributed by atoms with Gasteiger partial charge in [-0.2, -0.15) is 0 Å². The smallest absolute Gasteiger partial charge is 0.131 e. The van der Waals surface area contributed by atoms with Crippen molar-refractivity contribution in [2.45, 2.75) is 13.0 Å². The number of nitrogens with one attached hydrogen (secondary N) is 1. The predicted molar refractivity (Wildman–Crippen MR) is 62.8 cm³/mol. The topological polar surface area (TPSA) is 75.2 Å². The summed E-state index contributed by atoms with van der Waals surface area (Å²) in [7, 11) is 0. The van der Waals surface area contributed by atoms with Gasteiger partial charge in [0.15, 0.2) is 0 Å². The maximum atomic E-state index is 7.39. The van der Waals surface area contributed by atoms with Gasteiger partial charge < -0.3 is 15.4 Å². The molecule has 5 nitrogen and oxygen atoms in total. The summed E-state index contributed by atoms with van der Waals surface area (Å²) in [6.45, 7) is 3.94. The van der Waals surface area contributed by atoms with E-state index in [1.54, 1.807) is 0 Å². The van der Waals surface area contributed by atoms with E-state index in [0.29, 0.717) is 13.2 Å². The van der Waals surface area contributed by atoms with Crippen LogP contribution in [0, 0.1) is 12.3 Å². The number of hydrogen-bond donors (Lipinski definition) is 2. The molecule has 16 heavy (non-hydrogen) atoms. The van der Waals surface area contributed by atoms with Crippen LogP contribution >= 0.6 is 0 Å². The van der Waals surface area contributed by atoms with Gasteiger partial charge in [-0.1, -0.05) is 6.07 Å². The SMILES string of the molecule is Cc1cccc(N2CCOC(C(=N)N)C2)n1. The molecule has 86 valence electrons. The normalized spacial score (nSPS) is 20.8. The molecule has 1 aliphatic heterocycles.